The van der Waals surface area contributed by atoms with Gasteiger partial charge in [-0.2, -0.15) is 0 Å². The van der Waals surface area contributed by atoms with Crippen molar-refractivity contribution >= 4 is 21.9 Å². The van der Waals surface area contributed by atoms with Crippen LogP contribution in [0.25, 0.3) is 0 Å². The summed E-state index contributed by atoms with van der Waals surface area (Å²) < 4.78 is 10.1. The maximum absolute atomic E-state index is 10.7. The predicted octanol–water partition coefficient (Wildman–Crippen LogP) is 2.00. The average molecular weight is 259 g/mol. The van der Waals surface area contributed by atoms with Crippen molar-refractivity contribution in [1.82, 2.24) is 0 Å². The van der Waals surface area contributed by atoms with Gasteiger partial charge in [-0.25, -0.2) is 0 Å². The lowest BCUT2D eigenvalue weighted by Crippen LogP contribution is -2.12. The molecule has 1 rings (SSSR count). The monoisotopic (exact) mass is 258 g/mol. The number of ether oxygens (including phenoxy) is 2. The second-order valence-electron chi connectivity index (χ2n) is 2.52. The van der Waals surface area contributed by atoms with Gasteiger partial charge in [0.05, 0.1) is 0 Å². The Morgan fingerprint density at radius 2 is 1.93 bits per heavy atom. The highest BCUT2D eigenvalue weighted by molar-refractivity contribution is 9.09. The number of alkyl halides is 1. The van der Waals surface area contributed by atoms with Crippen LogP contribution in [0.2, 0.25) is 0 Å². The molecule has 76 valence electrons. The van der Waals surface area contributed by atoms with Crippen molar-refractivity contribution in [1.29, 1.82) is 0 Å². The van der Waals surface area contributed by atoms with Gasteiger partial charge in [-0.3, -0.25) is 4.79 Å². The van der Waals surface area contributed by atoms with Gasteiger partial charge in [-0.05, 0) is 12.1 Å². The number of hydrogen-bond acceptors (Lipinski definition) is 3. The van der Waals surface area contributed by atoms with Gasteiger partial charge in [-0.1, -0.05) is 34.1 Å². The zero-order valence-corrected chi connectivity index (χ0v) is 9.20. The van der Waals surface area contributed by atoms with E-state index >= 15 is 0 Å². The number of carbonyl (C=O) groups excluding carboxylic acids is 1. The van der Waals surface area contributed by atoms with Gasteiger partial charge in [0, 0.05) is 0 Å². The Labute approximate surface area is 91.1 Å². The van der Waals surface area contributed by atoms with Crippen LogP contribution in [0.3, 0.4) is 0 Å². The molecule has 0 spiro atoms. The number of hydrogen-bond donors (Lipinski definition) is 0. The molecule has 0 radical (unpaired) electrons. The number of halogens is 1. The van der Waals surface area contributed by atoms with Crippen LogP contribution in [0.5, 0.6) is 5.75 Å². The lowest BCUT2D eigenvalue weighted by molar-refractivity contribution is -0.141. The van der Waals surface area contributed by atoms with E-state index in [-0.39, 0.29) is 17.9 Å². The summed E-state index contributed by atoms with van der Waals surface area (Å²) in [6, 6.07) is 9.40. The SMILES string of the molecule is O=C(CBr)OCCOc1ccccc1. The second-order valence-corrected chi connectivity index (χ2v) is 3.08. The average Bonchev–Trinajstić information content (AvgIpc) is 2.25. The first-order valence-electron chi connectivity index (χ1n) is 4.22. The summed E-state index contributed by atoms with van der Waals surface area (Å²) in [5, 5.41) is 0.221. The Morgan fingerprint density at radius 3 is 2.57 bits per heavy atom. The van der Waals surface area contributed by atoms with Crippen molar-refractivity contribution in [3.05, 3.63) is 30.3 Å². The van der Waals surface area contributed by atoms with Gasteiger partial charge in [0.15, 0.2) is 0 Å². The summed E-state index contributed by atoms with van der Waals surface area (Å²) in [6.07, 6.45) is 0. The maximum atomic E-state index is 10.7. The van der Waals surface area contributed by atoms with E-state index in [9.17, 15) is 4.79 Å². The third kappa shape index (κ3) is 4.28. The minimum Gasteiger partial charge on any atom is -0.490 e. The van der Waals surface area contributed by atoms with Crippen LogP contribution in [0.4, 0.5) is 0 Å². The van der Waals surface area contributed by atoms with E-state index in [1.165, 1.54) is 0 Å². The first kappa shape index (κ1) is 11.0. The van der Waals surface area contributed by atoms with Crippen LogP contribution in [-0.2, 0) is 9.53 Å². The molecular weight excluding hydrogens is 248 g/mol. The van der Waals surface area contributed by atoms with E-state index in [1.54, 1.807) is 0 Å². The highest BCUT2D eigenvalue weighted by atomic mass is 79.9. The molecule has 0 saturated carbocycles. The molecule has 0 fully saturated rings. The fourth-order valence-electron chi connectivity index (χ4n) is 0.870. The van der Waals surface area contributed by atoms with E-state index in [1.807, 2.05) is 30.3 Å². The van der Waals surface area contributed by atoms with Crippen LogP contribution in [0.15, 0.2) is 30.3 Å². The molecule has 0 N–H and O–H groups in total. The molecule has 0 aromatic heterocycles. The minimum absolute atomic E-state index is 0.221. The van der Waals surface area contributed by atoms with Crippen LogP contribution < -0.4 is 4.74 Å². The molecule has 14 heavy (non-hydrogen) atoms. The molecule has 0 amide bonds. The van der Waals surface area contributed by atoms with Gasteiger partial charge in [0.2, 0.25) is 0 Å². The van der Waals surface area contributed by atoms with Crippen LogP contribution in [0.1, 0.15) is 0 Å². The van der Waals surface area contributed by atoms with Crippen molar-refractivity contribution in [2.24, 2.45) is 0 Å². The molecule has 1 aromatic rings. The normalized spacial score (nSPS) is 9.50. The summed E-state index contributed by atoms with van der Waals surface area (Å²) in [5.41, 5.74) is 0. The lowest BCUT2D eigenvalue weighted by Gasteiger charge is -2.05. The molecule has 4 heteroatoms. The van der Waals surface area contributed by atoms with Gasteiger partial charge in [0.25, 0.3) is 0 Å². The van der Waals surface area contributed by atoms with E-state index in [0.29, 0.717) is 6.61 Å². The zero-order valence-electron chi connectivity index (χ0n) is 7.61. The Balaban J connectivity index is 2.13. The van der Waals surface area contributed by atoms with E-state index < -0.39 is 0 Å². The van der Waals surface area contributed by atoms with Gasteiger partial charge < -0.3 is 9.47 Å². The van der Waals surface area contributed by atoms with Gasteiger partial charge in [0.1, 0.15) is 24.3 Å². The first-order valence-corrected chi connectivity index (χ1v) is 5.34. The molecule has 0 aliphatic heterocycles. The van der Waals surface area contributed by atoms with E-state index in [4.69, 9.17) is 9.47 Å². The summed E-state index contributed by atoms with van der Waals surface area (Å²) >= 11 is 3.00. The number of esters is 1. The quantitative estimate of drug-likeness (QED) is 0.461. The predicted molar refractivity (Wildman–Crippen MR) is 56.7 cm³/mol. The molecule has 3 nitrogen and oxygen atoms in total. The minimum atomic E-state index is -0.276. The molecule has 0 heterocycles. The molecular formula is C10H11BrO3. The fourth-order valence-corrected chi connectivity index (χ4v) is 1.03. The van der Waals surface area contributed by atoms with Crippen molar-refractivity contribution in [3.8, 4) is 5.75 Å². The number of benzene rings is 1. The molecule has 0 aliphatic rings. The molecule has 0 unspecified atom stereocenters. The summed E-state index contributed by atoms with van der Waals surface area (Å²) in [5.74, 6) is 0.504. The molecule has 0 aliphatic carbocycles. The second kappa shape index (κ2) is 6.43. The van der Waals surface area contributed by atoms with Gasteiger partial charge >= 0.3 is 5.97 Å². The summed E-state index contributed by atoms with van der Waals surface area (Å²) in [7, 11) is 0. The third-order valence-corrected chi connectivity index (χ3v) is 1.93. The van der Waals surface area contributed by atoms with Crippen molar-refractivity contribution < 1.29 is 14.3 Å². The molecule has 0 bridgehead atoms. The van der Waals surface area contributed by atoms with E-state index in [0.717, 1.165) is 5.75 Å². The van der Waals surface area contributed by atoms with Crippen LogP contribution in [-0.4, -0.2) is 24.5 Å². The Hall–Kier alpha value is -1.03. The number of rotatable bonds is 5. The van der Waals surface area contributed by atoms with Crippen LogP contribution >= 0.6 is 15.9 Å². The van der Waals surface area contributed by atoms with Crippen molar-refractivity contribution in [2.45, 2.75) is 0 Å². The summed E-state index contributed by atoms with van der Waals surface area (Å²) in [6.45, 7) is 0.655. The zero-order chi connectivity index (χ0) is 10.2. The third-order valence-electron chi connectivity index (χ3n) is 1.47. The molecule has 0 saturated heterocycles. The number of carbonyl (C=O) groups is 1. The smallest absolute Gasteiger partial charge is 0.316 e. The standard InChI is InChI=1S/C10H11BrO3/c11-8-10(12)14-7-6-13-9-4-2-1-3-5-9/h1-5H,6-8H2. The summed E-state index contributed by atoms with van der Waals surface area (Å²) in [4.78, 5) is 10.7. The lowest BCUT2D eigenvalue weighted by atomic mass is 10.3. The van der Waals surface area contributed by atoms with Crippen LogP contribution in [0, 0.1) is 0 Å². The Morgan fingerprint density at radius 1 is 1.21 bits per heavy atom. The number of para-hydroxylation sites is 1. The Bertz CT molecular complexity index is 274. The topological polar surface area (TPSA) is 35.5 Å². The maximum Gasteiger partial charge on any atom is 0.316 e. The largest absolute Gasteiger partial charge is 0.490 e. The highest BCUT2D eigenvalue weighted by Crippen LogP contribution is 2.07. The fraction of sp³-hybridized carbons (Fsp3) is 0.300. The molecule has 0 atom stereocenters. The highest BCUT2D eigenvalue weighted by Gasteiger charge is 1.98. The van der Waals surface area contributed by atoms with Crippen molar-refractivity contribution in [3.63, 3.8) is 0 Å². The Kier molecular flexibility index (Phi) is 5.07. The van der Waals surface area contributed by atoms with E-state index in [2.05, 4.69) is 15.9 Å². The van der Waals surface area contributed by atoms with Gasteiger partial charge in [-0.15, -0.1) is 0 Å². The first-order chi connectivity index (χ1) is 6.83. The van der Waals surface area contributed by atoms with Crippen molar-refractivity contribution in [2.75, 3.05) is 18.5 Å². The molecule has 1 aromatic carbocycles.